The van der Waals surface area contributed by atoms with E-state index in [9.17, 15) is 9.59 Å². The van der Waals surface area contributed by atoms with E-state index >= 15 is 0 Å². The number of aromatic amines is 1. The molecule has 0 fully saturated rings. The SMILES string of the molecule is Cc1ccc(C(=O)N(C)CCCc2ccccc2)c(=O)[nH]1. The number of H-pyrrole nitrogens is 1. The van der Waals surface area contributed by atoms with Crippen LogP contribution in [0.3, 0.4) is 0 Å². The molecule has 0 saturated heterocycles. The molecule has 4 nitrogen and oxygen atoms in total. The highest BCUT2D eigenvalue weighted by Gasteiger charge is 2.14. The third-order valence-electron chi connectivity index (χ3n) is 3.43. The molecule has 1 N–H and O–H groups in total. The molecule has 0 bridgehead atoms. The average molecular weight is 284 g/mol. The van der Waals surface area contributed by atoms with Crippen molar-refractivity contribution in [2.24, 2.45) is 0 Å². The van der Waals surface area contributed by atoms with Gasteiger partial charge in [-0.25, -0.2) is 0 Å². The minimum Gasteiger partial charge on any atom is -0.342 e. The van der Waals surface area contributed by atoms with Gasteiger partial charge in [0.15, 0.2) is 0 Å². The maximum atomic E-state index is 12.2. The summed E-state index contributed by atoms with van der Waals surface area (Å²) in [6, 6.07) is 13.5. The van der Waals surface area contributed by atoms with Crippen LogP contribution in [0.4, 0.5) is 0 Å². The Kier molecular flexibility index (Phi) is 4.93. The Morgan fingerprint density at radius 3 is 2.52 bits per heavy atom. The Morgan fingerprint density at radius 1 is 1.14 bits per heavy atom. The van der Waals surface area contributed by atoms with Crippen molar-refractivity contribution in [3.05, 3.63) is 69.6 Å². The number of nitrogens with one attached hydrogen (secondary N) is 1. The van der Waals surface area contributed by atoms with Crippen LogP contribution in [-0.4, -0.2) is 29.4 Å². The lowest BCUT2D eigenvalue weighted by atomic mass is 10.1. The summed E-state index contributed by atoms with van der Waals surface area (Å²) in [6.07, 6.45) is 1.79. The zero-order valence-electron chi connectivity index (χ0n) is 12.4. The number of amides is 1. The first kappa shape index (κ1) is 15.0. The van der Waals surface area contributed by atoms with E-state index < -0.39 is 0 Å². The molecule has 1 aromatic carbocycles. The van der Waals surface area contributed by atoms with Crippen LogP contribution in [0.15, 0.2) is 47.3 Å². The van der Waals surface area contributed by atoms with Gasteiger partial charge in [0, 0.05) is 19.3 Å². The molecular weight excluding hydrogens is 264 g/mol. The van der Waals surface area contributed by atoms with Gasteiger partial charge in [0.25, 0.3) is 11.5 Å². The van der Waals surface area contributed by atoms with Crippen LogP contribution in [0.25, 0.3) is 0 Å². The lowest BCUT2D eigenvalue weighted by Gasteiger charge is -2.16. The van der Waals surface area contributed by atoms with Crippen molar-refractivity contribution in [3.63, 3.8) is 0 Å². The van der Waals surface area contributed by atoms with Gasteiger partial charge in [-0.1, -0.05) is 30.3 Å². The van der Waals surface area contributed by atoms with Gasteiger partial charge in [-0.15, -0.1) is 0 Å². The van der Waals surface area contributed by atoms with Gasteiger partial charge in [-0.2, -0.15) is 0 Å². The van der Waals surface area contributed by atoms with Gasteiger partial charge < -0.3 is 9.88 Å². The molecule has 0 aliphatic rings. The summed E-state index contributed by atoms with van der Waals surface area (Å²) in [5.41, 5.74) is 1.88. The van der Waals surface area contributed by atoms with Crippen LogP contribution >= 0.6 is 0 Å². The first-order chi connectivity index (χ1) is 10.1. The lowest BCUT2D eigenvalue weighted by Crippen LogP contribution is -2.32. The number of pyridine rings is 1. The van der Waals surface area contributed by atoms with E-state index in [4.69, 9.17) is 0 Å². The molecule has 0 atom stereocenters. The smallest absolute Gasteiger partial charge is 0.260 e. The highest BCUT2D eigenvalue weighted by Crippen LogP contribution is 2.05. The molecule has 110 valence electrons. The zero-order valence-corrected chi connectivity index (χ0v) is 12.4. The number of nitrogens with zero attached hydrogens (tertiary/aromatic N) is 1. The van der Waals surface area contributed by atoms with Crippen molar-refractivity contribution in [1.82, 2.24) is 9.88 Å². The maximum Gasteiger partial charge on any atom is 0.260 e. The molecule has 0 spiro atoms. The van der Waals surface area contributed by atoms with Crippen molar-refractivity contribution in [3.8, 4) is 0 Å². The largest absolute Gasteiger partial charge is 0.342 e. The first-order valence-corrected chi connectivity index (χ1v) is 7.07. The van der Waals surface area contributed by atoms with E-state index in [0.29, 0.717) is 6.54 Å². The van der Waals surface area contributed by atoms with Gasteiger partial charge in [-0.05, 0) is 37.5 Å². The summed E-state index contributed by atoms with van der Waals surface area (Å²) in [6.45, 7) is 2.42. The molecule has 0 aliphatic heterocycles. The molecule has 0 saturated carbocycles. The number of carbonyl (C=O) groups excluding carboxylic acids is 1. The third-order valence-corrected chi connectivity index (χ3v) is 3.43. The minimum absolute atomic E-state index is 0.197. The number of aromatic nitrogens is 1. The van der Waals surface area contributed by atoms with Gasteiger partial charge in [-0.3, -0.25) is 9.59 Å². The normalized spacial score (nSPS) is 10.4. The fourth-order valence-electron chi connectivity index (χ4n) is 2.21. The summed E-state index contributed by atoms with van der Waals surface area (Å²) in [5.74, 6) is -0.232. The predicted molar refractivity (Wildman–Crippen MR) is 83.5 cm³/mol. The molecule has 1 amide bonds. The average Bonchev–Trinajstić information content (AvgIpc) is 2.47. The van der Waals surface area contributed by atoms with Gasteiger partial charge >= 0.3 is 0 Å². The Balaban J connectivity index is 1.92. The highest BCUT2D eigenvalue weighted by molar-refractivity contribution is 5.93. The fraction of sp³-hybridized carbons (Fsp3) is 0.294. The van der Waals surface area contributed by atoms with E-state index in [-0.39, 0.29) is 17.0 Å². The second kappa shape index (κ2) is 6.88. The molecule has 4 heteroatoms. The van der Waals surface area contributed by atoms with Crippen LogP contribution in [0.2, 0.25) is 0 Å². The van der Waals surface area contributed by atoms with Crippen LogP contribution in [0.1, 0.15) is 28.0 Å². The first-order valence-electron chi connectivity index (χ1n) is 7.07. The molecular formula is C17H20N2O2. The van der Waals surface area contributed by atoms with E-state index in [1.807, 2.05) is 18.2 Å². The monoisotopic (exact) mass is 284 g/mol. The Bertz CT molecular complexity index is 662. The summed E-state index contributed by atoms with van der Waals surface area (Å²) in [5, 5.41) is 0. The number of aryl methyl sites for hydroxylation is 2. The number of hydrogen-bond donors (Lipinski definition) is 1. The van der Waals surface area contributed by atoms with E-state index in [2.05, 4.69) is 17.1 Å². The van der Waals surface area contributed by atoms with Crippen LogP contribution in [0.5, 0.6) is 0 Å². The van der Waals surface area contributed by atoms with Crippen molar-refractivity contribution in [1.29, 1.82) is 0 Å². The number of rotatable bonds is 5. The lowest BCUT2D eigenvalue weighted by molar-refractivity contribution is 0.0792. The maximum absolute atomic E-state index is 12.2. The molecule has 2 rings (SSSR count). The summed E-state index contributed by atoms with van der Waals surface area (Å²) < 4.78 is 0. The summed E-state index contributed by atoms with van der Waals surface area (Å²) in [4.78, 5) is 28.3. The predicted octanol–water partition coefficient (Wildman–Crippen LogP) is 2.39. The van der Waals surface area contributed by atoms with Crippen molar-refractivity contribution < 1.29 is 4.79 Å². The molecule has 2 aromatic rings. The Hall–Kier alpha value is -2.36. The fourth-order valence-corrected chi connectivity index (χ4v) is 2.21. The van der Waals surface area contributed by atoms with E-state index in [1.54, 1.807) is 31.0 Å². The molecule has 21 heavy (non-hydrogen) atoms. The van der Waals surface area contributed by atoms with E-state index in [0.717, 1.165) is 18.5 Å². The molecule has 0 unspecified atom stereocenters. The number of benzene rings is 1. The van der Waals surface area contributed by atoms with Gasteiger partial charge in [0.05, 0.1) is 0 Å². The van der Waals surface area contributed by atoms with Crippen LogP contribution in [-0.2, 0) is 6.42 Å². The topological polar surface area (TPSA) is 53.2 Å². The quantitative estimate of drug-likeness (QED) is 0.916. The number of hydrogen-bond acceptors (Lipinski definition) is 2. The summed E-state index contributed by atoms with van der Waals surface area (Å²) >= 11 is 0. The van der Waals surface area contributed by atoms with Gasteiger partial charge in [0.1, 0.15) is 5.56 Å². The molecule has 1 heterocycles. The second-order valence-electron chi connectivity index (χ2n) is 5.20. The van der Waals surface area contributed by atoms with Crippen LogP contribution in [0, 0.1) is 6.92 Å². The second-order valence-corrected chi connectivity index (χ2v) is 5.20. The number of carbonyl (C=O) groups is 1. The summed E-state index contributed by atoms with van der Waals surface area (Å²) in [7, 11) is 1.73. The highest BCUT2D eigenvalue weighted by atomic mass is 16.2. The molecule has 0 radical (unpaired) electrons. The minimum atomic E-state index is -0.324. The Morgan fingerprint density at radius 2 is 1.86 bits per heavy atom. The van der Waals surface area contributed by atoms with Crippen molar-refractivity contribution in [2.75, 3.05) is 13.6 Å². The van der Waals surface area contributed by atoms with E-state index in [1.165, 1.54) is 5.56 Å². The zero-order chi connectivity index (χ0) is 15.2. The van der Waals surface area contributed by atoms with Crippen molar-refractivity contribution in [2.45, 2.75) is 19.8 Å². The standard InChI is InChI=1S/C17H20N2O2/c1-13-10-11-15(16(20)18-13)17(21)19(2)12-6-9-14-7-4-3-5-8-14/h3-5,7-8,10-11H,6,9,12H2,1-2H3,(H,18,20). The van der Waals surface area contributed by atoms with Gasteiger partial charge in [0.2, 0.25) is 0 Å². The molecule has 1 aromatic heterocycles. The van der Waals surface area contributed by atoms with Crippen LogP contribution < -0.4 is 5.56 Å². The van der Waals surface area contributed by atoms with Crippen molar-refractivity contribution >= 4 is 5.91 Å². The molecule has 0 aliphatic carbocycles. The third kappa shape index (κ3) is 4.05. The Labute approximate surface area is 124 Å².